The number of tetrazole rings is 1. The van der Waals surface area contributed by atoms with Gasteiger partial charge in [0.15, 0.2) is 11.3 Å². The molecule has 11 heteroatoms. The molecule has 0 spiro atoms. The van der Waals surface area contributed by atoms with Gasteiger partial charge in [-0.2, -0.15) is 9.61 Å². The van der Waals surface area contributed by atoms with E-state index in [9.17, 15) is 4.79 Å². The summed E-state index contributed by atoms with van der Waals surface area (Å²) in [5.41, 5.74) is 9.82. The molecule has 2 aliphatic rings. The van der Waals surface area contributed by atoms with E-state index in [4.69, 9.17) is 15.8 Å². The Kier molecular flexibility index (Phi) is 4.72. The first-order chi connectivity index (χ1) is 16.1. The number of aromatic nitrogens is 7. The monoisotopic (exact) mass is 446 g/mol. The zero-order valence-corrected chi connectivity index (χ0v) is 18.5. The minimum atomic E-state index is -0.122. The highest BCUT2D eigenvalue weighted by Crippen LogP contribution is 2.32. The highest BCUT2D eigenvalue weighted by molar-refractivity contribution is 5.93. The number of likely N-dealkylation sites (tertiary alicyclic amines) is 1. The normalized spacial score (nSPS) is 21.4. The smallest absolute Gasteiger partial charge is 0.273 e. The molecule has 2 fully saturated rings. The van der Waals surface area contributed by atoms with Gasteiger partial charge in [0.2, 0.25) is 0 Å². The Morgan fingerprint density at radius 1 is 1.15 bits per heavy atom. The molecule has 4 aromatic heterocycles. The Morgan fingerprint density at radius 2 is 2.06 bits per heavy atom. The SMILES string of the molecule is Cc1cn2nc([C@@H]3CCCCN3C(=O)c3cccc4nnnn34)cc2nc1N1CC[C@H](N)C1. The molecule has 0 saturated carbocycles. The van der Waals surface area contributed by atoms with Crippen LogP contribution in [-0.4, -0.2) is 71.1 Å². The summed E-state index contributed by atoms with van der Waals surface area (Å²) in [5, 5.41) is 16.5. The molecule has 11 nitrogen and oxygen atoms in total. The van der Waals surface area contributed by atoms with Crippen LogP contribution in [0.2, 0.25) is 0 Å². The number of pyridine rings is 1. The van der Waals surface area contributed by atoms with Gasteiger partial charge in [-0.05, 0) is 55.2 Å². The number of aryl methyl sites for hydroxylation is 1. The quantitative estimate of drug-likeness (QED) is 0.501. The Balaban J connectivity index is 1.35. The molecular weight excluding hydrogens is 420 g/mol. The van der Waals surface area contributed by atoms with Gasteiger partial charge in [-0.15, -0.1) is 5.10 Å². The first kappa shape index (κ1) is 20.0. The molecule has 2 saturated heterocycles. The summed E-state index contributed by atoms with van der Waals surface area (Å²) in [6.07, 6.45) is 5.85. The first-order valence-corrected chi connectivity index (χ1v) is 11.4. The van der Waals surface area contributed by atoms with Gasteiger partial charge < -0.3 is 15.5 Å². The van der Waals surface area contributed by atoms with Crippen LogP contribution >= 0.6 is 0 Å². The van der Waals surface area contributed by atoms with Crippen molar-refractivity contribution in [3.05, 3.63) is 47.4 Å². The molecule has 1 amide bonds. The van der Waals surface area contributed by atoms with Gasteiger partial charge in [-0.25, -0.2) is 9.50 Å². The van der Waals surface area contributed by atoms with E-state index in [-0.39, 0.29) is 18.0 Å². The van der Waals surface area contributed by atoms with Crippen molar-refractivity contribution in [2.24, 2.45) is 5.73 Å². The predicted octanol–water partition coefficient (Wildman–Crippen LogP) is 1.38. The second kappa shape index (κ2) is 7.77. The minimum absolute atomic E-state index is 0.0921. The summed E-state index contributed by atoms with van der Waals surface area (Å²) >= 11 is 0. The lowest BCUT2D eigenvalue weighted by molar-refractivity contribution is 0.0596. The van der Waals surface area contributed by atoms with Crippen LogP contribution in [0.15, 0.2) is 30.5 Å². The lowest BCUT2D eigenvalue weighted by atomic mass is 9.99. The van der Waals surface area contributed by atoms with Gasteiger partial charge in [0.1, 0.15) is 11.5 Å². The second-order valence-corrected chi connectivity index (χ2v) is 8.98. The number of amides is 1. The topological polar surface area (TPSA) is 123 Å². The van der Waals surface area contributed by atoms with Crippen molar-refractivity contribution in [2.45, 2.75) is 44.7 Å². The van der Waals surface area contributed by atoms with E-state index in [0.29, 0.717) is 17.9 Å². The number of rotatable bonds is 3. The maximum Gasteiger partial charge on any atom is 0.273 e. The van der Waals surface area contributed by atoms with Gasteiger partial charge in [0.05, 0.1) is 11.7 Å². The molecule has 6 heterocycles. The Bertz CT molecular complexity index is 1340. The van der Waals surface area contributed by atoms with Crippen molar-refractivity contribution in [1.82, 2.24) is 39.5 Å². The highest BCUT2D eigenvalue weighted by atomic mass is 16.2. The van der Waals surface area contributed by atoms with E-state index in [0.717, 1.165) is 61.5 Å². The molecule has 0 bridgehead atoms. The van der Waals surface area contributed by atoms with Gasteiger partial charge in [-0.1, -0.05) is 6.07 Å². The summed E-state index contributed by atoms with van der Waals surface area (Å²) in [5.74, 6) is 0.870. The molecule has 2 atom stereocenters. The second-order valence-electron chi connectivity index (χ2n) is 8.98. The molecule has 0 unspecified atom stereocenters. The molecule has 0 radical (unpaired) electrons. The summed E-state index contributed by atoms with van der Waals surface area (Å²) in [6.45, 7) is 4.45. The van der Waals surface area contributed by atoms with Crippen LogP contribution in [0.25, 0.3) is 11.3 Å². The van der Waals surface area contributed by atoms with Crippen molar-refractivity contribution < 1.29 is 4.79 Å². The van der Waals surface area contributed by atoms with Gasteiger partial charge in [0, 0.05) is 43.5 Å². The van der Waals surface area contributed by atoms with Crippen molar-refractivity contribution in [3.63, 3.8) is 0 Å². The average Bonchev–Trinajstić information content (AvgIpc) is 3.57. The van der Waals surface area contributed by atoms with Crippen LogP contribution in [0, 0.1) is 6.92 Å². The molecule has 6 rings (SSSR count). The van der Waals surface area contributed by atoms with E-state index in [2.05, 4.69) is 27.3 Å². The number of piperidine rings is 1. The maximum atomic E-state index is 13.6. The lowest BCUT2D eigenvalue weighted by Crippen LogP contribution is -2.39. The fraction of sp³-hybridized carbons (Fsp3) is 0.455. The van der Waals surface area contributed by atoms with E-state index < -0.39 is 0 Å². The maximum absolute atomic E-state index is 13.6. The zero-order chi connectivity index (χ0) is 22.5. The Morgan fingerprint density at radius 3 is 2.91 bits per heavy atom. The number of fused-ring (bicyclic) bond motifs is 2. The molecule has 170 valence electrons. The van der Waals surface area contributed by atoms with Crippen LogP contribution in [0.1, 0.15) is 53.5 Å². The van der Waals surface area contributed by atoms with Crippen molar-refractivity contribution in [1.29, 1.82) is 0 Å². The fourth-order valence-corrected chi connectivity index (χ4v) is 5.04. The number of hydrogen-bond acceptors (Lipinski definition) is 8. The summed E-state index contributed by atoms with van der Waals surface area (Å²) in [6, 6.07) is 7.43. The number of nitrogens with two attached hydrogens (primary N) is 1. The number of carbonyl (C=O) groups excluding carboxylic acids is 1. The number of anilines is 1. The van der Waals surface area contributed by atoms with Gasteiger partial charge >= 0.3 is 0 Å². The first-order valence-electron chi connectivity index (χ1n) is 11.4. The number of carbonyl (C=O) groups is 1. The molecule has 2 aliphatic heterocycles. The van der Waals surface area contributed by atoms with Crippen molar-refractivity contribution in [3.8, 4) is 0 Å². The third-order valence-corrected chi connectivity index (χ3v) is 6.69. The molecule has 0 aromatic carbocycles. The van der Waals surface area contributed by atoms with Gasteiger partial charge in [0.25, 0.3) is 5.91 Å². The molecular formula is C22H26N10O. The van der Waals surface area contributed by atoms with Gasteiger partial charge in [-0.3, -0.25) is 4.79 Å². The Hall–Kier alpha value is -3.60. The number of hydrogen-bond donors (Lipinski definition) is 1. The Labute approximate surface area is 190 Å². The summed E-state index contributed by atoms with van der Waals surface area (Å²) in [4.78, 5) is 22.6. The largest absolute Gasteiger partial charge is 0.355 e. The molecule has 0 aliphatic carbocycles. The van der Waals surface area contributed by atoms with Crippen LogP contribution in [0.3, 0.4) is 0 Å². The van der Waals surface area contributed by atoms with Crippen molar-refractivity contribution >= 4 is 23.0 Å². The van der Waals surface area contributed by atoms with Crippen LogP contribution in [-0.2, 0) is 0 Å². The van der Waals surface area contributed by atoms with E-state index in [1.165, 1.54) is 4.52 Å². The van der Waals surface area contributed by atoms with Crippen molar-refractivity contribution in [2.75, 3.05) is 24.5 Å². The third kappa shape index (κ3) is 3.39. The van der Waals surface area contributed by atoms with E-state index >= 15 is 0 Å². The van der Waals surface area contributed by atoms with E-state index in [1.54, 1.807) is 18.2 Å². The molecule has 4 aromatic rings. The summed E-state index contributed by atoms with van der Waals surface area (Å²) in [7, 11) is 0. The predicted molar refractivity (Wildman–Crippen MR) is 121 cm³/mol. The third-order valence-electron chi connectivity index (χ3n) is 6.69. The number of nitrogens with zero attached hydrogens (tertiary/aromatic N) is 9. The highest BCUT2D eigenvalue weighted by Gasteiger charge is 2.32. The molecule has 33 heavy (non-hydrogen) atoms. The average molecular weight is 447 g/mol. The summed E-state index contributed by atoms with van der Waals surface area (Å²) < 4.78 is 3.32. The van der Waals surface area contributed by atoms with Crippen LogP contribution in [0.5, 0.6) is 0 Å². The standard InChI is InChI=1S/C22H26N10O/c1-14-12-31-20(24-21(14)29-10-8-15(23)13-29)11-16(26-31)17-5-2-3-9-30(17)22(33)18-6-4-7-19-25-27-28-32(18)19/h4,6-7,11-12,15,17H,2-3,5,8-10,13,23H2,1H3/t15-,17-/m0/s1. The minimum Gasteiger partial charge on any atom is -0.355 e. The fourth-order valence-electron chi connectivity index (χ4n) is 5.04. The zero-order valence-electron chi connectivity index (χ0n) is 18.5. The lowest BCUT2D eigenvalue weighted by Gasteiger charge is -2.34. The van der Waals surface area contributed by atoms with E-state index in [1.807, 2.05) is 21.7 Å². The van der Waals surface area contributed by atoms with Crippen LogP contribution < -0.4 is 10.6 Å². The molecule has 2 N–H and O–H groups in total. The van der Waals surface area contributed by atoms with Crippen LogP contribution in [0.4, 0.5) is 5.82 Å².